The monoisotopic (exact) mass is 324 g/mol. The van der Waals surface area contributed by atoms with E-state index in [1.54, 1.807) is 0 Å². The molecule has 2 aliphatic heterocycles. The number of hydrogen-bond donors (Lipinski definition) is 1. The Hall–Kier alpha value is -1.81. The number of nitrogens with zero attached hydrogens (tertiary/aromatic N) is 3. The molecule has 0 spiro atoms. The third-order valence-electron chi connectivity index (χ3n) is 5.48. The van der Waals surface area contributed by atoms with Gasteiger partial charge < -0.3 is 10.2 Å². The fourth-order valence-electron chi connectivity index (χ4n) is 4.26. The van der Waals surface area contributed by atoms with Crippen molar-refractivity contribution >= 4 is 5.82 Å². The molecule has 2 aromatic rings. The molecule has 4 nitrogen and oxygen atoms in total. The normalized spacial score (nSPS) is 21.1. The summed E-state index contributed by atoms with van der Waals surface area (Å²) in [5, 5.41) is 8.72. The number of anilines is 1. The molecule has 128 valence electrons. The van der Waals surface area contributed by atoms with Crippen molar-refractivity contribution in [1.29, 1.82) is 0 Å². The third kappa shape index (κ3) is 2.63. The molecule has 1 saturated heterocycles. The van der Waals surface area contributed by atoms with E-state index in [1.165, 1.54) is 47.7 Å². The largest absolute Gasteiger partial charge is 0.369 e. The van der Waals surface area contributed by atoms with E-state index in [2.05, 4.69) is 60.1 Å². The Morgan fingerprint density at radius 2 is 2.08 bits per heavy atom. The van der Waals surface area contributed by atoms with Crippen molar-refractivity contribution in [2.75, 3.05) is 32.0 Å². The Balaban J connectivity index is 1.80. The predicted octanol–water partition coefficient (Wildman–Crippen LogP) is 3.77. The first-order chi connectivity index (χ1) is 11.6. The molecule has 24 heavy (non-hydrogen) atoms. The van der Waals surface area contributed by atoms with Gasteiger partial charge in [0.2, 0.25) is 0 Å². The predicted molar refractivity (Wildman–Crippen MR) is 99.3 cm³/mol. The van der Waals surface area contributed by atoms with Crippen molar-refractivity contribution in [1.82, 2.24) is 14.7 Å². The molecule has 1 aromatic carbocycles. The van der Waals surface area contributed by atoms with Gasteiger partial charge in [-0.25, -0.2) is 4.68 Å². The van der Waals surface area contributed by atoms with Gasteiger partial charge >= 0.3 is 0 Å². The number of nitrogens with one attached hydrogen (secondary N) is 1. The summed E-state index contributed by atoms with van der Waals surface area (Å²) in [4.78, 5) is 2.45. The first-order valence-electron chi connectivity index (χ1n) is 9.28. The molecule has 4 rings (SSSR count). The van der Waals surface area contributed by atoms with E-state index < -0.39 is 0 Å². The van der Waals surface area contributed by atoms with Crippen LogP contribution in [0.15, 0.2) is 24.3 Å². The standard InChI is InChI=1S/C20H28N4/c1-14(2)16-8-4-5-9-18(16)24-20-17(10-11-21-20)19(22-24)15-7-6-12-23(3)13-15/h4-5,8-9,14-15,21H,6-7,10-13H2,1-3H3. The summed E-state index contributed by atoms with van der Waals surface area (Å²) in [5.74, 6) is 2.29. The minimum absolute atomic E-state index is 0.492. The molecule has 2 aliphatic rings. The van der Waals surface area contributed by atoms with Crippen molar-refractivity contribution in [2.24, 2.45) is 0 Å². The van der Waals surface area contributed by atoms with Crippen LogP contribution in [0.25, 0.3) is 5.69 Å². The zero-order valence-electron chi connectivity index (χ0n) is 15.0. The fraction of sp³-hybridized carbons (Fsp3) is 0.550. The van der Waals surface area contributed by atoms with E-state index in [4.69, 9.17) is 5.10 Å². The van der Waals surface area contributed by atoms with Crippen molar-refractivity contribution < 1.29 is 0 Å². The maximum Gasteiger partial charge on any atom is 0.133 e. The number of likely N-dealkylation sites (N-methyl/N-ethyl adjacent to an activating group) is 1. The lowest BCUT2D eigenvalue weighted by Crippen LogP contribution is -2.31. The summed E-state index contributed by atoms with van der Waals surface area (Å²) in [6.07, 6.45) is 3.65. The molecular weight excluding hydrogens is 296 g/mol. The van der Waals surface area contributed by atoms with Gasteiger partial charge in [0.1, 0.15) is 5.82 Å². The van der Waals surface area contributed by atoms with E-state index in [9.17, 15) is 0 Å². The fourth-order valence-corrected chi connectivity index (χ4v) is 4.26. The van der Waals surface area contributed by atoms with Crippen LogP contribution in [0.3, 0.4) is 0 Å². The molecule has 0 bridgehead atoms. The molecule has 1 N–H and O–H groups in total. The summed E-state index contributed by atoms with van der Waals surface area (Å²) in [6, 6.07) is 8.70. The molecule has 3 heterocycles. The number of hydrogen-bond acceptors (Lipinski definition) is 3. The van der Waals surface area contributed by atoms with Crippen LogP contribution in [-0.2, 0) is 6.42 Å². The van der Waals surface area contributed by atoms with Gasteiger partial charge in [0.15, 0.2) is 0 Å². The number of piperidine rings is 1. The van der Waals surface area contributed by atoms with Crippen LogP contribution >= 0.6 is 0 Å². The van der Waals surface area contributed by atoms with Crippen LogP contribution in [0.2, 0.25) is 0 Å². The van der Waals surface area contributed by atoms with Crippen LogP contribution in [0.4, 0.5) is 5.82 Å². The van der Waals surface area contributed by atoms with Gasteiger partial charge in [-0.2, -0.15) is 5.10 Å². The third-order valence-corrected chi connectivity index (χ3v) is 5.48. The highest BCUT2D eigenvalue weighted by Crippen LogP contribution is 2.37. The van der Waals surface area contributed by atoms with Gasteiger partial charge in [0.25, 0.3) is 0 Å². The summed E-state index contributed by atoms with van der Waals surface area (Å²) in [6.45, 7) is 7.90. The minimum atomic E-state index is 0.492. The Morgan fingerprint density at radius 1 is 1.25 bits per heavy atom. The van der Waals surface area contributed by atoms with Crippen LogP contribution in [0.5, 0.6) is 0 Å². The Kier molecular flexibility index (Phi) is 4.09. The summed E-state index contributed by atoms with van der Waals surface area (Å²) >= 11 is 0. The van der Waals surface area contributed by atoms with Crippen molar-refractivity contribution in [3.8, 4) is 5.69 Å². The number of benzene rings is 1. The van der Waals surface area contributed by atoms with Gasteiger partial charge in [0.05, 0.1) is 11.4 Å². The molecule has 1 aromatic heterocycles. The quantitative estimate of drug-likeness (QED) is 0.933. The average molecular weight is 324 g/mol. The van der Waals surface area contributed by atoms with E-state index in [1.807, 2.05) is 0 Å². The first kappa shape index (κ1) is 15.7. The van der Waals surface area contributed by atoms with Gasteiger partial charge in [-0.1, -0.05) is 32.0 Å². The van der Waals surface area contributed by atoms with Gasteiger partial charge in [-0.3, -0.25) is 0 Å². The molecule has 1 fully saturated rings. The van der Waals surface area contributed by atoms with E-state index in [-0.39, 0.29) is 0 Å². The highest BCUT2D eigenvalue weighted by molar-refractivity contribution is 5.59. The molecule has 0 saturated carbocycles. The molecule has 0 amide bonds. The highest BCUT2D eigenvalue weighted by Gasteiger charge is 2.30. The van der Waals surface area contributed by atoms with Crippen molar-refractivity contribution in [3.05, 3.63) is 41.1 Å². The second-order valence-electron chi connectivity index (χ2n) is 7.62. The van der Waals surface area contributed by atoms with Crippen LogP contribution in [0.1, 0.15) is 55.3 Å². The summed E-state index contributed by atoms with van der Waals surface area (Å²) < 4.78 is 2.18. The lowest BCUT2D eigenvalue weighted by atomic mass is 9.92. The zero-order chi connectivity index (χ0) is 16.7. The lowest BCUT2D eigenvalue weighted by Gasteiger charge is -2.29. The van der Waals surface area contributed by atoms with E-state index in [0.717, 1.165) is 19.5 Å². The van der Waals surface area contributed by atoms with Crippen LogP contribution in [0, 0.1) is 0 Å². The smallest absolute Gasteiger partial charge is 0.133 e. The molecule has 0 aliphatic carbocycles. The Labute approximate surface area is 144 Å². The van der Waals surface area contributed by atoms with Crippen molar-refractivity contribution in [2.45, 2.75) is 44.9 Å². The number of aromatic nitrogens is 2. The molecule has 1 atom stereocenters. The molecule has 0 radical (unpaired) electrons. The van der Waals surface area contributed by atoms with Crippen LogP contribution in [-0.4, -0.2) is 41.4 Å². The van der Waals surface area contributed by atoms with Crippen molar-refractivity contribution in [3.63, 3.8) is 0 Å². The van der Waals surface area contributed by atoms with Gasteiger partial charge in [-0.15, -0.1) is 0 Å². The maximum atomic E-state index is 5.13. The molecule has 1 unspecified atom stereocenters. The number of fused-ring (bicyclic) bond motifs is 1. The topological polar surface area (TPSA) is 33.1 Å². The van der Waals surface area contributed by atoms with E-state index >= 15 is 0 Å². The lowest BCUT2D eigenvalue weighted by molar-refractivity contribution is 0.247. The highest BCUT2D eigenvalue weighted by atomic mass is 15.3. The van der Waals surface area contributed by atoms with Gasteiger partial charge in [0, 0.05) is 24.6 Å². The number of likely N-dealkylation sites (tertiary alicyclic amines) is 1. The van der Waals surface area contributed by atoms with Gasteiger partial charge in [-0.05, 0) is 50.4 Å². The second kappa shape index (κ2) is 6.25. The SMILES string of the molecule is CC(C)c1ccccc1-n1nc(C2CCCN(C)C2)c2c1NCC2. The zero-order valence-corrected chi connectivity index (χ0v) is 15.0. The number of para-hydroxylation sites is 1. The van der Waals surface area contributed by atoms with Crippen LogP contribution < -0.4 is 5.32 Å². The molecular formula is C20H28N4. The first-order valence-corrected chi connectivity index (χ1v) is 9.28. The minimum Gasteiger partial charge on any atom is -0.369 e. The average Bonchev–Trinajstić information content (AvgIpc) is 3.17. The Bertz CT molecular complexity index is 731. The molecule has 4 heteroatoms. The summed E-state index contributed by atoms with van der Waals surface area (Å²) in [5.41, 5.74) is 5.38. The maximum absolute atomic E-state index is 5.13. The number of rotatable bonds is 3. The second-order valence-corrected chi connectivity index (χ2v) is 7.62. The van der Waals surface area contributed by atoms with E-state index in [0.29, 0.717) is 11.8 Å². The summed E-state index contributed by atoms with van der Waals surface area (Å²) in [7, 11) is 2.23. The Morgan fingerprint density at radius 3 is 2.88 bits per heavy atom.